The molecule has 2 amide bonds. The van der Waals surface area contributed by atoms with Gasteiger partial charge in [0.25, 0.3) is 11.8 Å². The van der Waals surface area contributed by atoms with Gasteiger partial charge < -0.3 is 20.1 Å². The molecule has 0 unspecified atom stereocenters. The van der Waals surface area contributed by atoms with E-state index in [0.717, 1.165) is 5.56 Å². The van der Waals surface area contributed by atoms with E-state index in [1.54, 1.807) is 50.1 Å². The van der Waals surface area contributed by atoms with Gasteiger partial charge in [-0.2, -0.15) is 10.4 Å². The summed E-state index contributed by atoms with van der Waals surface area (Å²) in [7, 11) is -2.07. The maximum Gasteiger partial charge on any atom is 0.272 e. The summed E-state index contributed by atoms with van der Waals surface area (Å²) in [5, 5.41) is 25.0. The monoisotopic (exact) mass is 543 g/mol. The number of hydrogen-bond donors (Lipinski definition) is 2. The van der Waals surface area contributed by atoms with Crippen molar-refractivity contribution in [1.29, 1.82) is 5.26 Å². The summed E-state index contributed by atoms with van der Waals surface area (Å²) in [6.45, 7) is 3.65. The van der Waals surface area contributed by atoms with E-state index in [-0.39, 0.29) is 51.1 Å². The van der Waals surface area contributed by atoms with E-state index in [0.29, 0.717) is 36.1 Å². The average molecular weight is 544 g/mol. The van der Waals surface area contributed by atoms with E-state index in [2.05, 4.69) is 10.4 Å². The van der Waals surface area contributed by atoms with Gasteiger partial charge in [0.2, 0.25) is 0 Å². The van der Waals surface area contributed by atoms with Crippen molar-refractivity contribution in [3.8, 4) is 6.07 Å². The fourth-order valence-electron chi connectivity index (χ4n) is 4.91. The van der Waals surface area contributed by atoms with Crippen LogP contribution in [0, 0.1) is 11.3 Å². The predicted octanol–water partition coefficient (Wildman–Crippen LogP) is 0.955. The molecule has 0 bridgehead atoms. The van der Waals surface area contributed by atoms with Crippen LogP contribution in [0.2, 0.25) is 0 Å². The lowest BCUT2D eigenvalue weighted by atomic mass is 10.0. The molecule has 0 spiro atoms. The number of carbonyl (C=O) groups is 2. The summed E-state index contributed by atoms with van der Waals surface area (Å²) in [5.41, 5.74) is 2.38. The number of nitrogens with one attached hydrogen (secondary N) is 1. The Hall–Kier alpha value is -3.27. The first-order chi connectivity index (χ1) is 18.0. The van der Waals surface area contributed by atoms with Crippen LogP contribution in [0.3, 0.4) is 0 Å². The van der Waals surface area contributed by atoms with E-state index >= 15 is 0 Å². The van der Waals surface area contributed by atoms with Gasteiger partial charge in [-0.05, 0) is 50.8 Å². The minimum atomic E-state index is -3.67. The molecule has 0 atom stereocenters. The molecule has 0 radical (unpaired) electrons. The van der Waals surface area contributed by atoms with E-state index in [1.807, 2.05) is 6.07 Å². The molecule has 2 heterocycles. The van der Waals surface area contributed by atoms with Crippen LogP contribution in [0.4, 0.5) is 0 Å². The normalized spacial score (nSPS) is 16.6. The minimum absolute atomic E-state index is 0.0432. The van der Waals surface area contributed by atoms with Crippen LogP contribution in [0.25, 0.3) is 0 Å². The predicted molar refractivity (Wildman–Crippen MR) is 138 cm³/mol. The number of aliphatic hydroxyl groups is 1. The van der Waals surface area contributed by atoms with Gasteiger partial charge in [-0.1, -0.05) is 12.1 Å². The van der Waals surface area contributed by atoms with Gasteiger partial charge >= 0.3 is 0 Å². The molecule has 1 aromatic heterocycles. The maximum atomic E-state index is 13.6. The van der Waals surface area contributed by atoms with Gasteiger partial charge in [0.1, 0.15) is 5.69 Å². The van der Waals surface area contributed by atoms with Crippen molar-refractivity contribution >= 4 is 21.7 Å². The SMILES string of the molecule is Cn1nc(C(=O)NCc2ccc(C#N)cc2)c2c1C(=O)N(CC1(S(=O)(=O)C(C)(C)COCCO)CC1)CC2. The molecule has 4 rings (SSSR count). The average Bonchev–Trinajstić information content (AvgIpc) is 3.60. The number of carbonyl (C=O) groups excluding carboxylic acids is 2. The van der Waals surface area contributed by atoms with Crippen molar-refractivity contribution in [2.75, 3.05) is 32.9 Å². The number of nitrogens with zero attached hydrogens (tertiary/aromatic N) is 4. The molecule has 12 heteroatoms. The molecule has 0 saturated heterocycles. The van der Waals surface area contributed by atoms with E-state index in [9.17, 15) is 18.0 Å². The highest BCUT2D eigenvalue weighted by molar-refractivity contribution is 7.94. The lowest BCUT2D eigenvalue weighted by Crippen LogP contribution is -2.52. The molecule has 1 aliphatic heterocycles. The molecule has 38 heavy (non-hydrogen) atoms. The van der Waals surface area contributed by atoms with Crippen LogP contribution >= 0.6 is 0 Å². The van der Waals surface area contributed by atoms with Gasteiger partial charge in [-0.3, -0.25) is 14.3 Å². The summed E-state index contributed by atoms with van der Waals surface area (Å²) in [5.74, 6) is -0.749. The molecule has 1 fully saturated rings. The van der Waals surface area contributed by atoms with E-state index in [4.69, 9.17) is 15.1 Å². The second-order valence-electron chi connectivity index (χ2n) is 10.5. The first kappa shape index (κ1) is 27.8. The number of benzene rings is 1. The lowest BCUT2D eigenvalue weighted by molar-refractivity contribution is 0.0719. The van der Waals surface area contributed by atoms with Gasteiger partial charge in [-0.15, -0.1) is 0 Å². The molecule has 204 valence electrons. The second-order valence-corrected chi connectivity index (χ2v) is 13.5. The van der Waals surface area contributed by atoms with Crippen molar-refractivity contribution in [1.82, 2.24) is 20.0 Å². The number of hydrogen-bond acceptors (Lipinski definition) is 8. The summed E-state index contributed by atoms with van der Waals surface area (Å²) in [4.78, 5) is 28.0. The van der Waals surface area contributed by atoms with Crippen LogP contribution in [0.5, 0.6) is 0 Å². The highest BCUT2D eigenvalue weighted by atomic mass is 32.2. The smallest absolute Gasteiger partial charge is 0.272 e. The topological polar surface area (TPSA) is 155 Å². The highest BCUT2D eigenvalue weighted by Gasteiger charge is 2.61. The third kappa shape index (κ3) is 5.06. The standard InChI is InChI=1S/C26H33N5O6S/c1-25(2,17-37-13-12-32)38(35,36)26(9-10-26)16-31-11-8-20-21(29-30(3)22(20)24(31)34)23(33)28-15-19-6-4-18(14-27)5-7-19/h4-7,32H,8-13,15-17H2,1-3H3,(H,28,33). The molecule has 1 aromatic carbocycles. The van der Waals surface area contributed by atoms with Gasteiger partial charge in [0, 0.05) is 32.2 Å². The summed E-state index contributed by atoms with van der Waals surface area (Å²) in [6, 6.07) is 8.92. The molecule has 1 aliphatic carbocycles. The molecule has 2 aromatic rings. The van der Waals surface area contributed by atoms with Crippen molar-refractivity contribution < 1.29 is 27.9 Å². The zero-order valence-corrected chi connectivity index (χ0v) is 22.7. The number of sulfone groups is 1. The van der Waals surface area contributed by atoms with E-state index in [1.165, 1.54) is 4.68 Å². The van der Waals surface area contributed by atoms with Crippen molar-refractivity contribution in [2.45, 2.75) is 49.1 Å². The number of nitriles is 1. The second kappa shape index (κ2) is 10.5. The zero-order valence-electron chi connectivity index (χ0n) is 21.9. The van der Waals surface area contributed by atoms with Gasteiger partial charge in [-0.25, -0.2) is 8.42 Å². The zero-order chi connectivity index (χ0) is 27.7. The quantitative estimate of drug-likeness (QED) is 0.397. The number of rotatable bonds is 11. The first-order valence-corrected chi connectivity index (χ1v) is 14.0. The Labute approximate surface area is 222 Å². The van der Waals surface area contributed by atoms with Crippen molar-refractivity contribution in [3.05, 3.63) is 52.3 Å². The fourth-order valence-corrected chi connectivity index (χ4v) is 7.29. The molecule has 1 saturated carbocycles. The molecule has 2 N–H and O–H groups in total. The van der Waals surface area contributed by atoms with Crippen molar-refractivity contribution in [2.24, 2.45) is 7.05 Å². The highest BCUT2D eigenvalue weighted by Crippen LogP contribution is 2.49. The molecule has 11 nitrogen and oxygen atoms in total. The Morgan fingerprint density at radius 2 is 1.97 bits per heavy atom. The Morgan fingerprint density at radius 1 is 1.29 bits per heavy atom. The Kier molecular flexibility index (Phi) is 7.65. The van der Waals surface area contributed by atoms with Crippen molar-refractivity contribution in [3.63, 3.8) is 0 Å². The van der Waals surface area contributed by atoms with Crippen LogP contribution in [-0.4, -0.2) is 82.4 Å². The minimum Gasteiger partial charge on any atom is -0.394 e. The Bertz CT molecular complexity index is 1370. The molecular formula is C26H33N5O6S. The third-order valence-electron chi connectivity index (χ3n) is 7.29. The Morgan fingerprint density at radius 3 is 2.58 bits per heavy atom. The maximum absolute atomic E-state index is 13.6. The van der Waals surface area contributed by atoms with Crippen LogP contribution in [0.1, 0.15) is 64.4 Å². The van der Waals surface area contributed by atoms with Gasteiger partial charge in [0.05, 0.1) is 40.9 Å². The molecular weight excluding hydrogens is 510 g/mol. The summed E-state index contributed by atoms with van der Waals surface area (Å²) >= 11 is 0. The van der Waals surface area contributed by atoms with Crippen LogP contribution in [-0.2, 0) is 34.6 Å². The fraction of sp³-hybridized carbons (Fsp3) is 0.538. The number of aliphatic hydroxyl groups excluding tert-OH is 1. The Balaban J connectivity index is 1.47. The van der Waals surface area contributed by atoms with Gasteiger partial charge in [0.15, 0.2) is 15.5 Å². The lowest BCUT2D eigenvalue weighted by Gasteiger charge is -2.35. The number of aromatic nitrogens is 2. The molecule has 2 aliphatic rings. The van der Waals surface area contributed by atoms with Crippen LogP contribution in [0.15, 0.2) is 24.3 Å². The number of ether oxygens (including phenoxy) is 1. The largest absolute Gasteiger partial charge is 0.394 e. The number of fused-ring (bicyclic) bond motifs is 1. The first-order valence-electron chi connectivity index (χ1n) is 12.5. The summed E-state index contributed by atoms with van der Waals surface area (Å²) < 4.78 is 31.7. The third-order valence-corrected chi connectivity index (χ3v) is 10.5. The summed E-state index contributed by atoms with van der Waals surface area (Å²) in [6.07, 6.45) is 1.31. The number of amides is 2. The van der Waals surface area contributed by atoms with Crippen LogP contribution < -0.4 is 5.32 Å². The van der Waals surface area contributed by atoms with E-state index < -0.39 is 25.2 Å². The number of aryl methyl sites for hydroxylation is 1.